The Morgan fingerprint density at radius 1 is 0.424 bits per heavy atom. The molecule has 4 heterocycles. The van der Waals surface area contributed by atoms with E-state index in [-0.39, 0.29) is 71.0 Å². The van der Waals surface area contributed by atoms with E-state index in [1.807, 2.05) is 87.1 Å². The Bertz CT molecular complexity index is 2740. The number of nitrogens with zero attached hydrogens (tertiary/aromatic N) is 8. The average Bonchev–Trinajstić information content (AvgIpc) is 2.57. The number of carbonyl (C=O) groups is 4. The van der Waals surface area contributed by atoms with E-state index in [1.165, 1.54) is 0 Å². The van der Waals surface area contributed by atoms with Crippen LogP contribution in [0, 0.1) is 62.9 Å². The Balaban J connectivity index is 1.24. The summed E-state index contributed by atoms with van der Waals surface area (Å²) in [4.78, 5) is 74.1. The van der Waals surface area contributed by atoms with E-state index in [0.29, 0.717) is 101 Å². The summed E-state index contributed by atoms with van der Waals surface area (Å²) < 4.78 is 24.1. The van der Waals surface area contributed by atoms with Crippen molar-refractivity contribution in [3.05, 3.63) is 113 Å². The lowest BCUT2D eigenvalue weighted by Gasteiger charge is -2.37. The van der Waals surface area contributed by atoms with Crippen LogP contribution in [0.4, 0.5) is 0 Å². The van der Waals surface area contributed by atoms with Crippen molar-refractivity contribution in [1.29, 1.82) is 10.5 Å². The molecule has 0 unspecified atom stereocenters. The molecule has 4 N–H and O–H groups in total. The van der Waals surface area contributed by atoms with Gasteiger partial charge in [-0.15, -0.1) is 0 Å². The summed E-state index contributed by atoms with van der Waals surface area (Å²) in [5.41, 5.74) is -3.95. The normalized spacial score (nSPS) is 24.5. The standard InChI is InChI=1S/C65H84N8O12/c1-61(2)27-41(53(74)47(31-61)70-19-11-12-20-70)45(35-66)57(78)82-37-65(38-83-58(79)46(36-67)42-28-62(3,4)32-48(54(42)75)71-21-13-14-22-71,39-84-59(80)51(68-9)43-29-63(5,6)33-49(55(43)76)72-23-15-16-24-72)40-85-60(81)52(69-10)44-30-64(7,8)34-50(56(44)77)73-25-17-18-26-73/h74-77H,11-34,37-40H2,1-8H3/b45-41+,46-42+,51-43-,52-44+. The third-order valence-electron chi connectivity index (χ3n) is 17.8. The van der Waals surface area contributed by atoms with Crippen LogP contribution in [0.3, 0.4) is 0 Å². The van der Waals surface area contributed by atoms with Crippen molar-refractivity contribution in [2.45, 2.75) is 158 Å². The zero-order valence-electron chi connectivity index (χ0n) is 50.9. The molecule has 8 rings (SSSR count). The number of ether oxygens (including phenoxy) is 4. The Labute approximate surface area is 500 Å². The van der Waals surface area contributed by atoms with Gasteiger partial charge in [-0.1, -0.05) is 55.4 Å². The number of likely N-dealkylation sites (tertiary alicyclic amines) is 4. The lowest BCUT2D eigenvalue weighted by molar-refractivity contribution is -0.165. The Morgan fingerprint density at radius 2 is 0.647 bits per heavy atom. The second-order valence-corrected chi connectivity index (χ2v) is 27.6. The fraction of sp³-hybridized carbons (Fsp3) is 0.631. The van der Waals surface area contributed by atoms with Crippen LogP contribution in [0.2, 0.25) is 0 Å². The van der Waals surface area contributed by atoms with Gasteiger partial charge in [-0.2, -0.15) is 10.5 Å². The van der Waals surface area contributed by atoms with Crippen LogP contribution in [-0.2, 0) is 38.1 Å². The topological polar surface area (TPSA) is 255 Å². The molecular formula is C65H84N8O12. The molecule has 85 heavy (non-hydrogen) atoms. The van der Waals surface area contributed by atoms with Crippen molar-refractivity contribution in [1.82, 2.24) is 19.6 Å². The molecule has 0 saturated carbocycles. The first kappa shape index (κ1) is 63.2. The first-order valence-corrected chi connectivity index (χ1v) is 30.0. The average molecular weight is 1170 g/mol. The van der Waals surface area contributed by atoms with Crippen molar-refractivity contribution >= 4 is 23.9 Å². The number of aliphatic hydroxyl groups is 4. The van der Waals surface area contributed by atoms with Gasteiger partial charge in [0.15, 0.2) is 0 Å². The van der Waals surface area contributed by atoms with E-state index in [2.05, 4.69) is 9.69 Å². The van der Waals surface area contributed by atoms with Gasteiger partial charge in [0.25, 0.3) is 11.4 Å². The number of rotatable bonds is 16. The fourth-order valence-corrected chi connectivity index (χ4v) is 13.5. The van der Waals surface area contributed by atoms with Crippen LogP contribution in [0.5, 0.6) is 0 Å². The molecule has 4 fully saturated rings. The molecule has 4 aliphatic carbocycles. The maximum Gasteiger partial charge on any atom is 0.349 e. The summed E-state index contributed by atoms with van der Waals surface area (Å²) in [6, 6.07) is 3.88. The van der Waals surface area contributed by atoms with E-state index >= 15 is 0 Å². The zero-order chi connectivity index (χ0) is 61.8. The van der Waals surface area contributed by atoms with Gasteiger partial charge >= 0.3 is 23.9 Å². The number of carbonyl (C=O) groups excluding carboxylic acids is 4. The van der Waals surface area contributed by atoms with Gasteiger partial charge in [-0.05, 0) is 124 Å². The van der Waals surface area contributed by atoms with Crippen LogP contribution in [-0.4, -0.2) is 143 Å². The van der Waals surface area contributed by atoms with E-state index in [1.54, 1.807) is 0 Å². The summed E-state index contributed by atoms with van der Waals surface area (Å²) in [5.74, 6) is -5.82. The molecule has 0 atom stereocenters. The minimum atomic E-state index is -2.19. The van der Waals surface area contributed by atoms with Crippen LogP contribution in [0.25, 0.3) is 9.69 Å². The first-order chi connectivity index (χ1) is 40.2. The fourth-order valence-electron chi connectivity index (χ4n) is 13.5. The molecule has 0 bridgehead atoms. The minimum absolute atomic E-state index is 0.0390. The van der Waals surface area contributed by atoms with E-state index in [0.717, 1.165) is 51.4 Å². The molecule has 456 valence electrons. The van der Waals surface area contributed by atoms with Crippen LogP contribution in [0.1, 0.15) is 158 Å². The number of nitriles is 2. The maximum atomic E-state index is 14.7. The second-order valence-electron chi connectivity index (χ2n) is 27.6. The van der Waals surface area contributed by atoms with Crippen molar-refractivity contribution in [2.24, 2.45) is 27.1 Å². The monoisotopic (exact) mass is 1170 g/mol. The largest absolute Gasteiger partial charge is 0.507 e. The van der Waals surface area contributed by atoms with E-state index in [9.17, 15) is 50.1 Å². The van der Waals surface area contributed by atoms with E-state index in [4.69, 9.17) is 32.1 Å². The molecule has 8 aliphatic rings. The lowest BCUT2D eigenvalue weighted by Crippen LogP contribution is -2.44. The van der Waals surface area contributed by atoms with Crippen LogP contribution >= 0.6 is 0 Å². The van der Waals surface area contributed by atoms with Crippen LogP contribution in [0.15, 0.2) is 90.7 Å². The summed E-state index contributed by atoms with van der Waals surface area (Å²) in [6.07, 6.45) is 9.44. The number of hydrogen-bond acceptors (Lipinski definition) is 18. The summed E-state index contributed by atoms with van der Waals surface area (Å²) >= 11 is 0. The van der Waals surface area contributed by atoms with E-state index < -0.39 is 99.9 Å². The van der Waals surface area contributed by atoms with Crippen molar-refractivity contribution in [3.63, 3.8) is 0 Å². The molecule has 0 radical (unpaired) electrons. The number of allylic oxidation sites excluding steroid dienone is 8. The second kappa shape index (κ2) is 25.4. The highest BCUT2D eigenvalue weighted by atomic mass is 16.6. The third-order valence-corrected chi connectivity index (χ3v) is 17.8. The van der Waals surface area contributed by atoms with Gasteiger partial charge in [0.1, 0.15) is 78.2 Å². The number of esters is 4. The smallest absolute Gasteiger partial charge is 0.349 e. The maximum absolute atomic E-state index is 14.7. The van der Waals surface area contributed by atoms with Gasteiger partial charge in [0.2, 0.25) is 0 Å². The van der Waals surface area contributed by atoms with Gasteiger partial charge in [-0.3, -0.25) is 9.59 Å². The van der Waals surface area contributed by atoms with Gasteiger partial charge < -0.3 is 59.0 Å². The van der Waals surface area contributed by atoms with Gasteiger partial charge in [0, 0.05) is 74.7 Å². The molecule has 4 aliphatic heterocycles. The van der Waals surface area contributed by atoms with Crippen molar-refractivity contribution in [2.75, 3.05) is 78.8 Å². The van der Waals surface area contributed by atoms with Crippen molar-refractivity contribution < 1.29 is 58.6 Å². The molecule has 0 aromatic rings. The molecule has 0 aromatic heterocycles. The predicted octanol–water partition coefficient (Wildman–Crippen LogP) is 10.9. The molecule has 4 saturated heterocycles. The molecule has 0 spiro atoms. The first-order valence-electron chi connectivity index (χ1n) is 30.0. The molecule has 20 heteroatoms. The molecule has 0 aromatic carbocycles. The summed E-state index contributed by atoms with van der Waals surface area (Å²) in [7, 11) is 0. The molecule has 20 nitrogen and oxygen atoms in total. The third kappa shape index (κ3) is 14.1. The summed E-state index contributed by atoms with van der Waals surface area (Å²) in [5, 5.41) is 69.0. The quantitative estimate of drug-likeness (QED) is 0.0368. The van der Waals surface area contributed by atoms with Crippen LogP contribution < -0.4 is 0 Å². The highest BCUT2D eigenvalue weighted by molar-refractivity contribution is 5.96. The highest BCUT2D eigenvalue weighted by Gasteiger charge is 2.45. The number of aliphatic hydroxyl groups excluding tert-OH is 4. The summed E-state index contributed by atoms with van der Waals surface area (Å²) in [6.45, 7) is 33.8. The Kier molecular flexibility index (Phi) is 18.9. The number of hydrogen-bond donors (Lipinski definition) is 4. The lowest BCUT2D eigenvalue weighted by atomic mass is 9.75. The minimum Gasteiger partial charge on any atom is -0.507 e. The van der Waals surface area contributed by atoms with Crippen molar-refractivity contribution in [3.8, 4) is 12.1 Å². The predicted molar refractivity (Wildman–Crippen MR) is 313 cm³/mol. The van der Waals surface area contributed by atoms with Gasteiger partial charge in [-0.25, -0.2) is 19.3 Å². The Hall–Kier alpha value is -7.84. The highest BCUT2D eigenvalue weighted by Crippen LogP contribution is 2.48. The molecule has 0 amide bonds. The van der Waals surface area contributed by atoms with Gasteiger partial charge in [0.05, 0.1) is 35.9 Å². The Morgan fingerprint density at radius 3 is 0.882 bits per heavy atom. The molecular weight excluding hydrogens is 1080 g/mol. The zero-order valence-corrected chi connectivity index (χ0v) is 50.9. The SMILES string of the molecule is [C-]#[N+]/C(C(=O)OCC(COC(=O)/C(C#N)=C1\CC(C)(C)CC(N2CCCC2)=C1O)(COC(=O)/C(C#N)=C1\CC(C)(C)CC(N2CCCC2)=C1O)COC(=O)/C([N+]#[C-])=C1/CC(C)(C)CC(N2CCCC2)=C1O)=C1/CC(C)(C)CC(N2CCCC2)=C1O.